The van der Waals surface area contributed by atoms with Gasteiger partial charge in [-0.1, -0.05) is 5.16 Å². The molecule has 2 aromatic heterocycles. The van der Waals surface area contributed by atoms with Gasteiger partial charge in [0.05, 0.1) is 7.11 Å². The summed E-state index contributed by atoms with van der Waals surface area (Å²) in [5, 5.41) is 6.84. The van der Waals surface area contributed by atoms with Gasteiger partial charge in [0.25, 0.3) is 11.3 Å². The van der Waals surface area contributed by atoms with E-state index in [9.17, 15) is 14.0 Å². The predicted octanol–water partition coefficient (Wildman–Crippen LogP) is 3.23. The van der Waals surface area contributed by atoms with Crippen molar-refractivity contribution in [3.8, 4) is 17.0 Å². The minimum Gasteiger partial charge on any atom is -0.497 e. The molecule has 0 aliphatic heterocycles. The van der Waals surface area contributed by atoms with Gasteiger partial charge in [-0.25, -0.2) is 9.37 Å². The summed E-state index contributed by atoms with van der Waals surface area (Å²) in [6.07, 6.45) is 1.38. The molecule has 152 valence electrons. The van der Waals surface area contributed by atoms with Crippen LogP contribution in [-0.4, -0.2) is 27.7 Å². The largest absolute Gasteiger partial charge is 0.497 e. The molecule has 9 heteroatoms. The molecule has 0 aliphatic carbocycles. The standard InChI is InChI=1S/C21H17FN4O4/c1-29-16-8-6-15(7-9-16)24-17(27)10-11-26-12-23-20-18(21(26)28)19(25-30-20)13-2-4-14(22)5-3-13/h2-9,12H,10-11H2,1H3,(H,24,27). The van der Waals surface area contributed by atoms with Crippen LogP contribution in [0.3, 0.4) is 0 Å². The van der Waals surface area contributed by atoms with Crippen molar-refractivity contribution >= 4 is 22.7 Å². The van der Waals surface area contributed by atoms with E-state index in [-0.39, 0.29) is 35.7 Å². The fourth-order valence-corrected chi connectivity index (χ4v) is 2.96. The Labute approximate surface area is 169 Å². The number of carbonyl (C=O) groups excluding carboxylic acids is 1. The van der Waals surface area contributed by atoms with Gasteiger partial charge in [0.15, 0.2) is 0 Å². The van der Waals surface area contributed by atoms with E-state index >= 15 is 0 Å². The molecule has 0 bridgehead atoms. The van der Waals surface area contributed by atoms with Gasteiger partial charge in [-0.3, -0.25) is 14.2 Å². The SMILES string of the molecule is COc1ccc(NC(=O)CCn2cnc3onc(-c4ccc(F)cc4)c3c2=O)cc1. The van der Waals surface area contributed by atoms with Gasteiger partial charge in [-0.15, -0.1) is 0 Å². The highest BCUT2D eigenvalue weighted by Gasteiger charge is 2.17. The number of nitrogens with zero attached hydrogens (tertiary/aromatic N) is 3. The van der Waals surface area contributed by atoms with E-state index in [0.717, 1.165) is 0 Å². The topological polar surface area (TPSA) is 99.2 Å². The minimum absolute atomic E-state index is 0.0658. The quantitative estimate of drug-likeness (QED) is 0.526. The molecule has 0 radical (unpaired) electrons. The lowest BCUT2D eigenvalue weighted by Crippen LogP contribution is -2.23. The number of rotatable bonds is 6. The third-order valence-electron chi connectivity index (χ3n) is 4.53. The van der Waals surface area contributed by atoms with Crippen molar-refractivity contribution in [2.45, 2.75) is 13.0 Å². The number of aromatic nitrogens is 3. The fourth-order valence-electron chi connectivity index (χ4n) is 2.96. The number of fused-ring (bicyclic) bond motifs is 1. The second kappa shape index (κ2) is 8.16. The van der Waals surface area contributed by atoms with Crippen LogP contribution in [0.4, 0.5) is 10.1 Å². The zero-order valence-corrected chi connectivity index (χ0v) is 16.0. The molecule has 4 aromatic rings. The third-order valence-corrected chi connectivity index (χ3v) is 4.53. The van der Waals surface area contributed by atoms with E-state index in [1.807, 2.05) is 0 Å². The van der Waals surface area contributed by atoms with Gasteiger partial charge in [-0.05, 0) is 48.5 Å². The molecule has 4 rings (SSSR count). The highest BCUT2D eigenvalue weighted by Crippen LogP contribution is 2.24. The molecule has 0 unspecified atom stereocenters. The number of methoxy groups -OCH3 is 1. The van der Waals surface area contributed by atoms with Crippen molar-refractivity contribution in [2.24, 2.45) is 0 Å². The van der Waals surface area contributed by atoms with Crippen LogP contribution in [0.25, 0.3) is 22.4 Å². The van der Waals surface area contributed by atoms with Crippen molar-refractivity contribution in [1.82, 2.24) is 14.7 Å². The Bertz CT molecular complexity index is 1250. The molecule has 0 saturated heterocycles. The monoisotopic (exact) mass is 408 g/mol. The van der Waals surface area contributed by atoms with Gasteiger partial charge in [0.2, 0.25) is 5.91 Å². The van der Waals surface area contributed by atoms with Crippen LogP contribution in [0.5, 0.6) is 5.75 Å². The highest BCUT2D eigenvalue weighted by molar-refractivity contribution is 5.91. The maximum absolute atomic E-state index is 13.2. The summed E-state index contributed by atoms with van der Waals surface area (Å²) >= 11 is 0. The summed E-state index contributed by atoms with van der Waals surface area (Å²) in [5.41, 5.74) is 1.12. The van der Waals surface area contributed by atoms with E-state index in [0.29, 0.717) is 17.0 Å². The number of nitrogens with one attached hydrogen (secondary N) is 1. The van der Waals surface area contributed by atoms with Crippen LogP contribution >= 0.6 is 0 Å². The minimum atomic E-state index is -0.398. The van der Waals surface area contributed by atoms with Crippen LogP contribution < -0.4 is 15.6 Å². The molecule has 1 amide bonds. The second-order valence-corrected chi connectivity index (χ2v) is 6.49. The number of aryl methyl sites for hydroxylation is 1. The predicted molar refractivity (Wildman–Crippen MR) is 108 cm³/mol. The molecule has 0 atom stereocenters. The highest BCUT2D eigenvalue weighted by atomic mass is 19.1. The average Bonchev–Trinajstić information content (AvgIpc) is 3.19. The van der Waals surface area contributed by atoms with E-state index in [4.69, 9.17) is 9.26 Å². The van der Waals surface area contributed by atoms with Crippen LogP contribution in [0.2, 0.25) is 0 Å². The molecule has 2 aromatic carbocycles. The van der Waals surface area contributed by atoms with Gasteiger partial charge in [-0.2, -0.15) is 0 Å². The van der Waals surface area contributed by atoms with Crippen molar-refractivity contribution in [2.75, 3.05) is 12.4 Å². The van der Waals surface area contributed by atoms with Crippen molar-refractivity contribution in [3.63, 3.8) is 0 Å². The van der Waals surface area contributed by atoms with Crippen LogP contribution in [0.15, 0.2) is 64.2 Å². The second-order valence-electron chi connectivity index (χ2n) is 6.49. The lowest BCUT2D eigenvalue weighted by molar-refractivity contribution is -0.116. The molecule has 0 aliphatic rings. The summed E-state index contributed by atoms with van der Waals surface area (Å²) in [5.74, 6) is 0.0332. The summed E-state index contributed by atoms with van der Waals surface area (Å²) in [4.78, 5) is 29.2. The Morgan fingerprint density at radius 1 is 1.17 bits per heavy atom. The summed E-state index contributed by atoms with van der Waals surface area (Å²) in [7, 11) is 1.56. The van der Waals surface area contributed by atoms with Gasteiger partial charge in [0, 0.05) is 24.2 Å². The molecule has 2 heterocycles. The van der Waals surface area contributed by atoms with E-state index in [1.54, 1.807) is 31.4 Å². The normalized spacial score (nSPS) is 10.9. The Morgan fingerprint density at radius 3 is 2.60 bits per heavy atom. The maximum Gasteiger partial charge on any atom is 0.266 e. The van der Waals surface area contributed by atoms with Crippen molar-refractivity contribution in [3.05, 3.63) is 71.0 Å². The molecule has 1 N–H and O–H groups in total. The molecular weight excluding hydrogens is 391 g/mol. The van der Waals surface area contributed by atoms with E-state index in [2.05, 4.69) is 15.5 Å². The zero-order chi connectivity index (χ0) is 21.1. The maximum atomic E-state index is 13.2. The summed E-state index contributed by atoms with van der Waals surface area (Å²) in [6.45, 7) is 0.123. The Kier molecular flexibility index (Phi) is 5.25. The number of hydrogen-bond acceptors (Lipinski definition) is 6. The lowest BCUT2D eigenvalue weighted by Gasteiger charge is -2.07. The molecule has 0 saturated carbocycles. The third kappa shape index (κ3) is 3.90. The van der Waals surface area contributed by atoms with Gasteiger partial charge >= 0.3 is 0 Å². The van der Waals surface area contributed by atoms with Crippen LogP contribution in [0, 0.1) is 5.82 Å². The van der Waals surface area contributed by atoms with E-state index < -0.39 is 11.4 Å². The fraction of sp³-hybridized carbons (Fsp3) is 0.143. The first-order chi connectivity index (χ1) is 14.5. The molecule has 0 spiro atoms. The van der Waals surface area contributed by atoms with E-state index in [1.165, 1.54) is 35.2 Å². The number of hydrogen-bond donors (Lipinski definition) is 1. The van der Waals surface area contributed by atoms with Crippen LogP contribution in [-0.2, 0) is 11.3 Å². The number of amides is 1. The lowest BCUT2D eigenvalue weighted by atomic mass is 10.1. The Morgan fingerprint density at radius 2 is 1.90 bits per heavy atom. The zero-order valence-electron chi connectivity index (χ0n) is 16.0. The Hall–Kier alpha value is -4.01. The first-order valence-electron chi connectivity index (χ1n) is 9.10. The first-order valence-corrected chi connectivity index (χ1v) is 9.10. The number of ether oxygens (including phenoxy) is 1. The molecule has 8 nitrogen and oxygen atoms in total. The molecule has 30 heavy (non-hydrogen) atoms. The number of carbonyl (C=O) groups is 1. The van der Waals surface area contributed by atoms with Crippen LogP contribution in [0.1, 0.15) is 6.42 Å². The Balaban J connectivity index is 1.52. The number of benzene rings is 2. The average molecular weight is 408 g/mol. The molecular formula is C21H17FN4O4. The summed E-state index contributed by atoms with van der Waals surface area (Å²) < 4.78 is 24.7. The number of halogens is 1. The molecule has 0 fully saturated rings. The first kappa shape index (κ1) is 19.3. The van der Waals surface area contributed by atoms with Crippen molar-refractivity contribution < 1.29 is 18.4 Å². The number of anilines is 1. The van der Waals surface area contributed by atoms with Gasteiger partial charge in [0.1, 0.15) is 29.0 Å². The summed E-state index contributed by atoms with van der Waals surface area (Å²) in [6, 6.07) is 12.5. The van der Waals surface area contributed by atoms with Gasteiger partial charge < -0.3 is 14.6 Å². The van der Waals surface area contributed by atoms with Crippen molar-refractivity contribution in [1.29, 1.82) is 0 Å². The smallest absolute Gasteiger partial charge is 0.266 e.